The summed E-state index contributed by atoms with van der Waals surface area (Å²) in [6.45, 7) is 5.55. The highest BCUT2D eigenvalue weighted by Crippen LogP contribution is 2.14. The molecule has 0 saturated carbocycles. The summed E-state index contributed by atoms with van der Waals surface area (Å²) in [6.07, 6.45) is 0. The Bertz CT molecular complexity index is 415. The summed E-state index contributed by atoms with van der Waals surface area (Å²) in [5, 5.41) is 12.2. The molecule has 17 heavy (non-hydrogen) atoms. The Labute approximate surface area is 99.7 Å². The molecule has 0 aromatic carbocycles. The zero-order valence-electron chi connectivity index (χ0n) is 9.97. The molecule has 0 unspecified atom stereocenters. The maximum Gasteiger partial charge on any atom is 0.327 e. The number of piperazine rings is 1. The topological polar surface area (TPSA) is 78.4 Å². The number of carboxylic acids is 1. The van der Waals surface area contributed by atoms with Gasteiger partial charge in [-0.15, -0.1) is 0 Å². The van der Waals surface area contributed by atoms with Crippen LogP contribution in [0.3, 0.4) is 0 Å². The Morgan fingerprint density at radius 1 is 1.47 bits per heavy atom. The lowest BCUT2D eigenvalue weighted by molar-refractivity contribution is -0.138. The molecule has 0 aliphatic carbocycles. The minimum atomic E-state index is -0.847. The van der Waals surface area contributed by atoms with E-state index < -0.39 is 12.0 Å². The van der Waals surface area contributed by atoms with Crippen LogP contribution in [-0.4, -0.2) is 46.7 Å². The molecule has 92 valence electrons. The van der Waals surface area contributed by atoms with E-state index >= 15 is 0 Å². The van der Waals surface area contributed by atoms with Crippen LogP contribution in [0.15, 0.2) is 6.07 Å². The third-order valence-corrected chi connectivity index (χ3v) is 2.76. The van der Waals surface area contributed by atoms with E-state index in [1.54, 1.807) is 4.90 Å². The van der Waals surface area contributed by atoms with Crippen molar-refractivity contribution in [3.05, 3.63) is 17.5 Å². The number of rotatable bonds is 2. The maximum absolute atomic E-state index is 11.2. The number of hydrogen-bond acceptors (Lipinski definition) is 5. The van der Waals surface area contributed by atoms with Gasteiger partial charge in [0.2, 0.25) is 5.95 Å². The van der Waals surface area contributed by atoms with E-state index in [0.29, 0.717) is 19.0 Å². The quantitative estimate of drug-likeness (QED) is 0.750. The molecule has 0 radical (unpaired) electrons. The molecule has 1 aliphatic rings. The third kappa shape index (κ3) is 2.52. The van der Waals surface area contributed by atoms with Gasteiger partial charge < -0.3 is 15.3 Å². The Morgan fingerprint density at radius 2 is 2.12 bits per heavy atom. The highest BCUT2D eigenvalue weighted by Gasteiger charge is 2.30. The first-order valence-corrected chi connectivity index (χ1v) is 5.60. The number of aromatic nitrogens is 2. The van der Waals surface area contributed by atoms with Crippen LogP contribution in [0.2, 0.25) is 0 Å². The molecular formula is C11H16N4O2. The van der Waals surface area contributed by atoms with E-state index in [1.807, 2.05) is 19.9 Å². The SMILES string of the molecule is Cc1cc(C)nc(N2CCNC[C@@H]2C(=O)O)n1. The summed E-state index contributed by atoms with van der Waals surface area (Å²) < 4.78 is 0. The van der Waals surface area contributed by atoms with Gasteiger partial charge in [0.25, 0.3) is 0 Å². The Balaban J connectivity index is 2.32. The van der Waals surface area contributed by atoms with Crippen molar-refractivity contribution < 1.29 is 9.90 Å². The molecule has 0 spiro atoms. The van der Waals surface area contributed by atoms with Crippen molar-refractivity contribution in [3.8, 4) is 0 Å². The average molecular weight is 236 g/mol. The first-order chi connectivity index (χ1) is 8.08. The average Bonchev–Trinajstić information content (AvgIpc) is 2.27. The number of nitrogens with zero attached hydrogens (tertiary/aromatic N) is 3. The van der Waals surface area contributed by atoms with Gasteiger partial charge in [0.1, 0.15) is 6.04 Å². The van der Waals surface area contributed by atoms with Crippen molar-refractivity contribution in [2.75, 3.05) is 24.5 Å². The molecule has 1 atom stereocenters. The molecule has 6 heteroatoms. The van der Waals surface area contributed by atoms with Crippen molar-refractivity contribution in [1.29, 1.82) is 0 Å². The summed E-state index contributed by atoms with van der Waals surface area (Å²) in [5.74, 6) is -0.337. The van der Waals surface area contributed by atoms with E-state index in [-0.39, 0.29) is 0 Å². The van der Waals surface area contributed by atoms with E-state index in [1.165, 1.54) is 0 Å². The van der Waals surface area contributed by atoms with Crippen molar-refractivity contribution in [3.63, 3.8) is 0 Å². The van der Waals surface area contributed by atoms with Crippen LogP contribution >= 0.6 is 0 Å². The van der Waals surface area contributed by atoms with Gasteiger partial charge in [0.05, 0.1) is 0 Å². The lowest BCUT2D eigenvalue weighted by Gasteiger charge is -2.33. The van der Waals surface area contributed by atoms with Crippen LogP contribution < -0.4 is 10.2 Å². The Hall–Kier alpha value is -1.69. The standard InChI is InChI=1S/C11H16N4O2/c1-7-5-8(2)14-11(13-7)15-4-3-12-6-9(15)10(16)17/h5,9,12H,3-4,6H2,1-2H3,(H,16,17)/t9-/m1/s1. The maximum atomic E-state index is 11.2. The van der Waals surface area contributed by atoms with Crippen LogP contribution in [-0.2, 0) is 4.79 Å². The predicted molar refractivity (Wildman–Crippen MR) is 63.1 cm³/mol. The number of anilines is 1. The van der Waals surface area contributed by atoms with Crippen LogP contribution in [0.25, 0.3) is 0 Å². The molecule has 2 N–H and O–H groups in total. The fraction of sp³-hybridized carbons (Fsp3) is 0.545. The molecule has 1 fully saturated rings. The fourth-order valence-corrected chi connectivity index (χ4v) is 2.00. The van der Waals surface area contributed by atoms with Gasteiger partial charge in [0.15, 0.2) is 0 Å². The summed E-state index contributed by atoms with van der Waals surface area (Å²) in [6, 6.07) is 1.28. The molecule has 6 nitrogen and oxygen atoms in total. The van der Waals surface area contributed by atoms with Crippen LogP contribution in [0.1, 0.15) is 11.4 Å². The molecule has 0 amide bonds. The van der Waals surface area contributed by atoms with E-state index in [4.69, 9.17) is 0 Å². The second-order valence-electron chi connectivity index (χ2n) is 4.20. The molecule has 0 bridgehead atoms. The minimum Gasteiger partial charge on any atom is -0.480 e. The lowest BCUT2D eigenvalue weighted by Crippen LogP contribution is -2.55. The largest absolute Gasteiger partial charge is 0.480 e. The van der Waals surface area contributed by atoms with Crippen molar-refractivity contribution >= 4 is 11.9 Å². The van der Waals surface area contributed by atoms with Crippen molar-refractivity contribution in [1.82, 2.24) is 15.3 Å². The van der Waals surface area contributed by atoms with Crippen molar-refractivity contribution in [2.45, 2.75) is 19.9 Å². The van der Waals surface area contributed by atoms with Gasteiger partial charge in [-0.2, -0.15) is 0 Å². The fourth-order valence-electron chi connectivity index (χ4n) is 2.00. The molecular weight excluding hydrogens is 220 g/mol. The first kappa shape index (κ1) is 11.8. The highest BCUT2D eigenvalue weighted by molar-refractivity contribution is 5.78. The van der Waals surface area contributed by atoms with Crippen molar-refractivity contribution in [2.24, 2.45) is 0 Å². The minimum absolute atomic E-state index is 0.422. The summed E-state index contributed by atoms with van der Waals surface area (Å²) in [7, 11) is 0. The van der Waals surface area contributed by atoms with E-state index in [2.05, 4.69) is 15.3 Å². The number of carboxylic acid groups (broad SMARTS) is 1. The molecule has 1 aliphatic heterocycles. The second kappa shape index (κ2) is 4.67. The molecule has 2 rings (SSSR count). The first-order valence-electron chi connectivity index (χ1n) is 5.60. The predicted octanol–water partition coefficient (Wildman–Crippen LogP) is -0.0438. The van der Waals surface area contributed by atoms with E-state index in [9.17, 15) is 9.90 Å². The molecule has 2 heterocycles. The molecule has 1 aromatic heterocycles. The van der Waals surface area contributed by atoms with E-state index in [0.717, 1.165) is 17.9 Å². The number of aliphatic carboxylic acids is 1. The summed E-state index contributed by atoms with van der Waals surface area (Å²) >= 11 is 0. The smallest absolute Gasteiger partial charge is 0.327 e. The lowest BCUT2D eigenvalue weighted by atomic mass is 10.2. The van der Waals surface area contributed by atoms with Crippen LogP contribution in [0.4, 0.5) is 5.95 Å². The molecule has 1 saturated heterocycles. The zero-order chi connectivity index (χ0) is 12.4. The van der Waals surface area contributed by atoms with Crippen LogP contribution in [0.5, 0.6) is 0 Å². The van der Waals surface area contributed by atoms with Gasteiger partial charge in [0, 0.05) is 31.0 Å². The van der Waals surface area contributed by atoms with Crippen LogP contribution in [0, 0.1) is 13.8 Å². The van der Waals surface area contributed by atoms with Gasteiger partial charge in [-0.3, -0.25) is 0 Å². The monoisotopic (exact) mass is 236 g/mol. The summed E-state index contributed by atoms with van der Waals surface area (Å²) in [4.78, 5) is 21.5. The van der Waals surface area contributed by atoms with Gasteiger partial charge in [-0.05, 0) is 19.9 Å². The number of aryl methyl sites for hydroxylation is 2. The van der Waals surface area contributed by atoms with Gasteiger partial charge in [-0.1, -0.05) is 0 Å². The number of carbonyl (C=O) groups is 1. The summed E-state index contributed by atoms with van der Waals surface area (Å²) in [5.41, 5.74) is 1.71. The molecule has 1 aromatic rings. The Kier molecular flexibility index (Phi) is 3.23. The third-order valence-electron chi connectivity index (χ3n) is 2.76. The normalized spacial score (nSPS) is 20.4. The second-order valence-corrected chi connectivity index (χ2v) is 4.20. The Morgan fingerprint density at radius 3 is 2.71 bits per heavy atom. The number of hydrogen-bond donors (Lipinski definition) is 2. The van der Waals surface area contributed by atoms with Gasteiger partial charge in [-0.25, -0.2) is 14.8 Å². The highest BCUT2D eigenvalue weighted by atomic mass is 16.4. The zero-order valence-corrected chi connectivity index (χ0v) is 9.97. The number of nitrogens with one attached hydrogen (secondary N) is 1. The van der Waals surface area contributed by atoms with Gasteiger partial charge >= 0.3 is 5.97 Å².